The van der Waals surface area contributed by atoms with E-state index in [-0.39, 0.29) is 23.3 Å². The molecule has 0 spiro atoms. The van der Waals surface area contributed by atoms with Crippen molar-refractivity contribution in [3.63, 3.8) is 0 Å². The lowest BCUT2D eigenvalue weighted by atomic mass is 10.0. The van der Waals surface area contributed by atoms with Crippen LogP contribution >= 0.6 is 0 Å². The molecular formula is C21H27N3O5S. The largest absolute Gasteiger partial charge is 0.497 e. The molecule has 1 unspecified atom stereocenters. The fourth-order valence-corrected chi connectivity index (χ4v) is 4.32. The number of sulfonamides is 1. The molecular weight excluding hydrogens is 406 g/mol. The lowest BCUT2D eigenvalue weighted by Gasteiger charge is -2.26. The quantitative estimate of drug-likeness (QED) is 0.662. The molecule has 30 heavy (non-hydrogen) atoms. The van der Waals surface area contributed by atoms with Gasteiger partial charge in [-0.3, -0.25) is 9.69 Å². The van der Waals surface area contributed by atoms with Crippen molar-refractivity contribution in [1.82, 2.24) is 4.90 Å². The van der Waals surface area contributed by atoms with Crippen LogP contribution in [-0.2, 0) is 14.8 Å². The van der Waals surface area contributed by atoms with Crippen molar-refractivity contribution in [3.8, 4) is 11.5 Å². The number of ether oxygens (including phenoxy) is 2. The number of anilines is 1. The van der Waals surface area contributed by atoms with Gasteiger partial charge in [0.2, 0.25) is 15.9 Å². The summed E-state index contributed by atoms with van der Waals surface area (Å²) in [4.78, 5) is 14.7. The van der Waals surface area contributed by atoms with E-state index in [4.69, 9.17) is 14.6 Å². The molecule has 0 aliphatic carbocycles. The Morgan fingerprint density at radius 1 is 1.20 bits per heavy atom. The highest BCUT2D eigenvalue weighted by Crippen LogP contribution is 2.38. The Kier molecular flexibility index (Phi) is 6.96. The van der Waals surface area contributed by atoms with Crippen molar-refractivity contribution in [3.05, 3.63) is 48.0 Å². The molecule has 1 atom stereocenters. The number of nitrogens with two attached hydrogens (primary N) is 1. The minimum Gasteiger partial charge on any atom is -0.497 e. The molecule has 3 N–H and O–H groups in total. The van der Waals surface area contributed by atoms with Crippen LogP contribution in [0.15, 0.2) is 47.4 Å². The summed E-state index contributed by atoms with van der Waals surface area (Å²) >= 11 is 0. The lowest BCUT2D eigenvalue weighted by molar-refractivity contribution is -0.116. The second kappa shape index (κ2) is 9.46. The maximum atomic E-state index is 12.4. The first-order valence-electron chi connectivity index (χ1n) is 9.70. The molecule has 1 aliphatic rings. The third-order valence-corrected chi connectivity index (χ3v) is 6.14. The van der Waals surface area contributed by atoms with E-state index in [9.17, 15) is 13.2 Å². The zero-order chi connectivity index (χ0) is 21.7. The number of nitrogens with one attached hydrogen (secondary N) is 1. The first-order chi connectivity index (χ1) is 14.3. The van der Waals surface area contributed by atoms with E-state index in [2.05, 4.69) is 10.2 Å². The molecule has 3 rings (SSSR count). The summed E-state index contributed by atoms with van der Waals surface area (Å²) in [5.74, 6) is 1.38. The van der Waals surface area contributed by atoms with Gasteiger partial charge < -0.3 is 14.8 Å². The number of primary sulfonamides is 1. The first kappa shape index (κ1) is 22.1. The monoisotopic (exact) mass is 433 g/mol. The van der Waals surface area contributed by atoms with Crippen molar-refractivity contribution in [2.45, 2.75) is 30.2 Å². The van der Waals surface area contributed by atoms with Gasteiger partial charge in [0.25, 0.3) is 0 Å². The Balaban J connectivity index is 1.65. The fourth-order valence-electron chi connectivity index (χ4n) is 3.77. The van der Waals surface area contributed by atoms with E-state index in [1.807, 2.05) is 18.2 Å². The SMILES string of the molecule is COc1ccc(OC)c(C2CCCN2CCC(=O)Nc2cccc(S(N)(=O)=O)c2)c1. The van der Waals surface area contributed by atoms with Crippen molar-refractivity contribution < 1.29 is 22.7 Å². The first-order valence-corrected chi connectivity index (χ1v) is 11.2. The second-order valence-electron chi connectivity index (χ2n) is 7.17. The third kappa shape index (κ3) is 5.29. The minimum atomic E-state index is -3.82. The molecule has 1 amide bonds. The van der Waals surface area contributed by atoms with Gasteiger partial charge in [0.15, 0.2) is 0 Å². The number of benzene rings is 2. The molecule has 2 aromatic carbocycles. The van der Waals surface area contributed by atoms with Crippen molar-refractivity contribution in [2.24, 2.45) is 5.14 Å². The Bertz CT molecular complexity index is 1010. The summed E-state index contributed by atoms with van der Waals surface area (Å²) < 4.78 is 33.8. The van der Waals surface area contributed by atoms with E-state index < -0.39 is 10.0 Å². The Hall–Kier alpha value is -2.62. The van der Waals surface area contributed by atoms with Crippen LogP contribution in [0.3, 0.4) is 0 Å². The normalized spacial score (nSPS) is 17.0. The van der Waals surface area contributed by atoms with Crippen molar-refractivity contribution in [1.29, 1.82) is 0 Å². The van der Waals surface area contributed by atoms with Crippen LogP contribution in [-0.4, -0.2) is 46.5 Å². The summed E-state index contributed by atoms with van der Waals surface area (Å²) in [5, 5.41) is 7.89. The Morgan fingerprint density at radius 2 is 2.00 bits per heavy atom. The molecule has 2 aromatic rings. The smallest absolute Gasteiger partial charge is 0.238 e. The van der Waals surface area contributed by atoms with Crippen LogP contribution in [0.25, 0.3) is 0 Å². The summed E-state index contributed by atoms with van der Waals surface area (Å²) in [7, 11) is -0.540. The van der Waals surface area contributed by atoms with Gasteiger partial charge in [-0.05, 0) is 55.8 Å². The van der Waals surface area contributed by atoms with Gasteiger partial charge >= 0.3 is 0 Å². The zero-order valence-electron chi connectivity index (χ0n) is 17.1. The number of amides is 1. The molecule has 1 aliphatic heterocycles. The highest BCUT2D eigenvalue weighted by Gasteiger charge is 2.29. The van der Waals surface area contributed by atoms with Crippen molar-refractivity contribution in [2.75, 3.05) is 32.6 Å². The van der Waals surface area contributed by atoms with Crippen LogP contribution in [0.5, 0.6) is 11.5 Å². The Labute approximate surface area is 177 Å². The van der Waals surface area contributed by atoms with Crippen LogP contribution in [0.2, 0.25) is 0 Å². The number of carbonyl (C=O) groups excluding carboxylic acids is 1. The molecule has 0 saturated carbocycles. The predicted molar refractivity (Wildman–Crippen MR) is 114 cm³/mol. The molecule has 162 valence electrons. The van der Waals surface area contributed by atoms with Crippen LogP contribution in [0.1, 0.15) is 30.9 Å². The second-order valence-corrected chi connectivity index (χ2v) is 8.73. The molecule has 1 fully saturated rings. The van der Waals surface area contributed by atoms with Crippen LogP contribution < -0.4 is 19.9 Å². The van der Waals surface area contributed by atoms with Gasteiger partial charge in [-0.25, -0.2) is 13.6 Å². The average molecular weight is 434 g/mol. The van der Waals surface area contributed by atoms with Gasteiger partial charge in [-0.1, -0.05) is 6.07 Å². The molecule has 0 aromatic heterocycles. The Morgan fingerprint density at radius 3 is 2.70 bits per heavy atom. The fraction of sp³-hybridized carbons (Fsp3) is 0.381. The zero-order valence-corrected chi connectivity index (χ0v) is 17.9. The van der Waals surface area contributed by atoms with E-state index in [1.54, 1.807) is 26.4 Å². The van der Waals surface area contributed by atoms with E-state index in [0.29, 0.717) is 12.2 Å². The number of methoxy groups -OCH3 is 2. The van der Waals surface area contributed by atoms with Crippen LogP contribution in [0.4, 0.5) is 5.69 Å². The third-order valence-electron chi connectivity index (χ3n) is 5.23. The number of carbonyl (C=O) groups is 1. The number of hydrogen-bond donors (Lipinski definition) is 2. The molecule has 1 heterocycles. The number of hydrogen-bond acceptors (Lipinski definition) is 6. The van der Waals surface area contributed by atoms with Crippen molar-refractivity contribution >= 4 is 21.6 Å². The summed E-state index contributed by atoms with van der Waals surface area (Å²) in [6.45, 7) is 1.46. The van der Waals surface area contributed by atoms with E-state index in [0.717, 1.165) is 36.4 Å². The predicted octanol–water partition coefficient (Wildman–Crippen LogP) is 2.52. The van der Waals surface area contributed by atoms with Crippen LogP contribution in [0, 0.1) is 0 Å². The standard InChI is InChI=1S/C21H27N3O5S/c1-28-16-8-9-20(29-2)18(14-16)19-7-4-11-24(19)12-10-21(25)23-15-5-3-6-17(13-15)30(22,26)27/h3,5-6,8-9,13-14,19H,4,7,10-12H2,1-2H3,(H,23,25)(H2,22,26,27). The maximum absolute atomic E-state index is 12.4. The van der Waals surface area contributed by atoms with Gasteiger partial charge in [0.1, 0.15) is 11.5 Å². The minimum absolute atomic E-state index is 0.0370. The number of likely N-dealkylation sites (tertiary alicyclic amines) is 1. The summed E-state index contributed by atoms with van der Waals surface area (Å²) in [6, 6.07) is 11.8. The van der Waals surface area contributed by atoms with Gasteiger partial charge in [0, 0.05) is 30.3 Å². The molecule has 0 radical (unpaired) electrons. The molecule has 9 heteroatoms. The van der Waals surface area contributed by atoms with Gasteiger partial charge in [-0.15, -0.1) is 0 Å². The average Bonchev–Trinajstić information content (AvgIpc) is 3.20. The number of nitrogens with zero attached hydrogens (tertiary/aromatic N) is 1. The molecule has 8 nitrogen and oxygen atoms in total. The van der Waals surface area contributed by atoms with E-state index >= 15 is 0 Å². The number of rotatable bonds is 8. The summed E-state index contributed by atoms with van der Waals surface area (Å²) in [5.41, 5.74) is 1.45. The summed E-state index contributed by atoms with van der Waals surface area (Å²) in [6.07, 6.45) is 2.28. The highest BCUT2D eigenvalue weighted by molar-refractivity contribution is 7.89. The van der Waals surface area contributed by atoms with Gasteiger partial charge in [-0.2, -0.15) is 0 Å². The lowest BCUT2D eigenvalue weighted by Crippen LogP contribution is -2.28. The molecule has 0 bridgehead atoms. The van der Waals surface area contributed by atoms with E-state index in [1.165, 1.54) is 12.1 Å². The molecule has 1 saturated heterocycles. The highest BCUT2D eigenvalue weighted by atomic mass is 32.2. The van der Waals surface area contributed by atoms with Gasteiger partial charge in [0.05, 0.1) is 19.1 Å². The maximum Gasteiger partial charge on any atom is 0.238 e. The topological polar surface area (TPSA) is 111 Å².